The lowest BCUT2D eigenvalue weighted by atomic mass is 9.82. The van der Waals surface area contributed by atoms with Crippen LogP contribution in [-0.4, -0.2) is 39.7 Å². The number of pyridine rings is 1. The van der Waals surface area contributed by atoms with Crippen molar-refractivity contribution in [1.29, 1.82) is 0 Å². The SMILES string of the molecule is Cc1cc(C(=O)NC2CCOCC2(C)C)nc(-n2ccnc2)c1. The molecule has 2 aromatic heterocycles. The number of imidazole rings is 1. The molecule has 1 aliphatic heterocycles. The Labute approximate surface area is 135 Å². The van der Waals surface area contributed by atoms with Crippen LogP contribution in [0.5, 0.6) is 0 Å². The Morgan fingerprint density at radius 2 is 2.26 bits per heavy atom. The minimum atomic E-state index is -0.143. The van der Waals surface area contributed by atoms with Crippen molar-refractivity contribution in [2.45, 2.75) is 33.2 Å². The maximum Gasteiger partial charge on any atom is 0.270 e. The van der Waals surface area contributed by atoms with E-state index in [0.29, 0.717) is 24.7 Å². The van der Waals surface area contributed by atoms with Crippen LogP contribution in [0.2, 0.25) is 0 Å². The first kappa shape index (κ1) is 15.7. The molecule has 0 spiro atoms. The molecule has 3 heterocycles. The van der Waals surface area contributed by atoms with E-state index in [1.54, 1.807) is 17.1 Å². The third-order valence-corrected chi connectivity index (χ3v) is 4.23. The molecule has 0 aliphatic carbocycles. The Kier molecular flexibility index (Phi) is 4.17. The van der Waals surface area contributed by atoms with Gasteiger partial charge in [0, 0.05) is 30.5 Å². The van der Waals surface area contributed by atoms with Crippen LogP contribution < -0.4 is 5.32 Å². The molecule has 1 N–H and O–H groups in total. The third-order valence-electron chi connectivity index (χ3n) is 4.23. The number of amides is 1. The molecule has 23 heavy (non-hydrogen) atoms. The minimum absolute atomic E-state index is 0.0785. The second-order valence-corrected chi connectivity index (χ2v) is 6.71. The monoisotopic (exact) mass is 314 g/mol. The Morgan fingerprint density at radius 3 is 2.96 bits per heavy atom. The van der Waals surface area contributed by atoms with E-state index in [-0.39, 0.29) is 17.4 Å². The lowest BCUT2D eigenvalue weighted by Crippen LogP contribution is -2.50. The highest BCUT2D eigenvalue weighted by atomic mass is 16.5. The molecule has 1 unspecified atom stereocenters. The molecule has 1 amide bonds. The van der Waals surface area contributed by atoms with Crippen LogP contribution in [0, 0.1) is 12.3 Å². The van der Waals surface area contributed by atoms with Gasteiger partial charge in [-0.2, -0.15) is 0 Å². The van der Waals surface area contributed by atoms with E-state index >= 15 is 0 Å². The predicted octanol–water partition coefficient (Wildman–Crippen LogP) is 2.12. The second-order valence-electron chi connectivity index (χ2n) is 6.71. The largest absolute Gasteiger partial charge is 0.381 e. The van der Waals surface area contributed by atoms with Gasteiger partial charge < -0.3 is 10.1 Å². The van der Waals surface area contributed by atoms with E-state index in [0.717, 1.165) is 12.0 Å². The Bertz CT molecular complexity index is 695. The smallest absolute Gasteiger partial charge is 0.270 e. The van der Waals surface area contributed by atoms with E-state index in [4.69, 9.17) is 4.74 Å². The maximum atomic E-state index is 12.6. The normalized spacial score (nSPS) is 20.2. The fourth-order valence-corrected chi connectivity index (χ4v) is 2.82. The van der Waals surface area contributed by atoms with Crippen LogP contribution in [0.4, 0.5) is 0 Å². The third kappa shape index (κ3) is 3.42. The van der Waals surface area contributed by atoms with Crippen molar-refractivity contribution in [3.63, 3.8) is 0 Å². The molecule has 0 bridgehead atoms. The summed E-state index contributed by atoms with van der Waals surface area (Å²) in [5.41, 5.74) is 1.33. The zero-order valence-corrected chi connectivity index (χ0v) is 13.7. The molecule has 1 saturated heterocycles. The van der Waals surface area contributed by atoms with Crippen molar-refractivity contribution in [2.75, 3.05) is 13.2 Å². The fraction of sp³-hybridized carbons (Fsp3) is 0.471. The van der Waals surface area contributed by atoms with Gasteiger partial charge in [-0.15, -0.1) is 0 Å². The first-order valence-electron chi connectivity index (χ1n) is 7.81. The van der Waals surface area contributed by atoms with Crippen molar-refractivity contribution in [2.24, 2.45) is 5.41 Å². The van der Waals surface area contributed by atoms with E-state index in [1.165, 1.54) is 0 Å². The molecule has 0 radical (unpaired) electrons. The molecule has 0 saturated carbocycles. The van der Waals surface area contributed by atoms with Gasteiger partial charge in [-0.25, -0.2) is 9.97 Å². The second kappa shape index (κ2) is 6.12. The fourth-order valence-electron chi connectivity index (χ4n) is 2.82. The van der Waals surface area contributed by atoms with Crippen molar-refractivity contribution in [1.82, 2.24) is 19.9 Å². The van der Waals surface area contributed by atoms with Gasteiger partial charge in [-0.05, 0) is 31.0 Å². The summed E-state index contributed by atoms with van der Waals surface area (Å²) in [7, 11) is 0. The van der Waals surface area contributed by atoms with Gasteiger partial charge in [0.25, 0.3) is 5.91 Å². The van der Waals surface area contributed by atoms with E-state index in [2.05, 4.69) is 29.1 Å². The van der Waals surface area contributed by atoms with Crippen LogP contribution in [0.1, 0.15) is 36.3 Å². The van der Waals surface area contributed by atoms with E-state index in [1.807, 2.05) is 25.3 Å². The van der Waals surface area contributed by atoms with Gasteiger partial charge >= 0.3 is 0 Å². The van der Waals surface area contributed by atoms with Crippen LogP contribution >= 0.6 is 0 Å². The molecule has 2 aromatic rings. The van der Waals surface area contributed by atoms with E-state index in [9.17, 15) is 4.79 Å². The Hall–Kier alpha value is -2.21. The van der Waals surface area contributed by atoms with Gasteiger partial charge in [-0.3, -0.25) is 9.36 Å². The quantitative estimate of drug-likeness (QED) is 0.942. The van der Waals surface area contributed by atoms with Crippen molar-refractivity contribution in [3.8, 4) is 5.82 Å². The number of nitrogens with zero attached hydrogens (tertiary/aromatic N) is 3. The number of ether oxygens (including phenoxy) is 1. The Balaban J connectivity index is 1.82. The number of nitrogens with one attached hydrogen (secondary N) is 1. The average molecular weight is 314 g/mol. The zero-order chi connectivity index (χ0) is 16.4. The number of aromatic nitrogens is 3. The predicted molar refractivity (Wildman–Crippen MR) is 86.6 cm³/mol. The maximum absolute atomic E-state index is 12.6. The number of carbonyl (C=O) groups is 1. The number of rotatable bonds is 3. The van der Waals surface area contributed by atoms with Crippen LogP contribution in [0.15, 0.2) is 30.9 Å². The summed E-state index contributed by atoms with van der Waals surface area (Å²) in [5.74, 6) is 0.550. The number of hydrogen-bond acceptors (Lipinski definition) is 4. The van der Waals surface area contributed by atoms with Gasteiger partial charge in [-0.1, -0.05) is 13.8 Å². The Morgan fingerprint density at radius 1 is 1.43 bits per heavy atom. The van der Waals surface area contributed by atoms with Gasteiger partial charge in [0.05, 0.1) is 6.61 Å². The summed E-state index contributed by atoms with van der Waals surface area (Å²) < 4.78 is 7.31. The first-order chi connectivity index (χ1) is 11.0. The van der Waals surface area contributed by atoms with Gasteiger partial charge in [0.1, 0.15) is 17.8 Å². The van der Waals surface area contributed by atoms with Crippen molar-refractivity contribution < 1.29 is 9.53 Å². The van der Waals surface area contributed by atoms with Crippen molar-refractivity contribution in [3.05, 3.63) is 42.1 Å². The lowest BCUT2D eigenvalue weighted by Gasteiger charge is -2.38. The molecular formula is C17H22N4O2. The summed E-state index contributed by atoms with van der Waals surface area (Å²) in [5, 5.41) is 3.12. The molecular weight excluding hydrogens is 292 g/mol. The minimum Gasteiger partial charge on any atom is -0.381 e. The molecule has 3 rings (SSSR count). The average Bonchev–Trinajstić information content (AvgIpc) is 3.03. The highest BCUT2D eigenvalue weighted by Gasteiger charge is 2.34. The van der Waals surface area contributed by atoms with Gasteiger partial charge in [0.15, 0.2) is 0 Å². The summed E-state index contributed by atoms with van der Waals surface area (Å²) in [4.78, 5) is 21.1. The summed E-state index contributed by atoms with van der Waals surface area (Å²) in [6.45, 7) is 7.50. The summed E-state index contributed by atoms with van der Waals surface area (Å²) >= 11 is 0. The van der Waals surface area contributed by atoms with Crippen LogP contribution in [0.3, 0.4) is 0 Å². The molecule has 122 valence electrons. The molecule has 6 heteroatoms. The molecule has 1 fully saturated rings. The van der Waals surface area contributed by atoms with Crippen molar-refractivity contribution >= 4 is 5.91 Å². The number of hydrogen-bond donors (Lipinski definition) is 1. The molecule has 1 atom stereocenters. The summed E-state index contributed by atoms with van der Waals surface area (Å²) in [6.07, 6.45) is 5.99. The topological polar surface area (TPSA) is 69.0 Å². The number of aryl methyl sites for hydroxylation is 1. The standard InChI is InChI=1S/C17H22N4O2/c1-12-8-13(19-15(9-12)21-6-5-18-11-21)16(22)20-14-4-7-23-10-17(14,2)3/h5-6,8-9,11,14H,4,7,10H2,1-3H3,(H,20,22). The first-order valence-corrected chi connectivity index (χ1v) is 7.81. The highest BCUT2D eigenvalue weighted by molar-refractivity contribution is 5.93. The molecule has 6 nitrogen and oxygen atoms in total. The highest BCUT2D eigenvalue weighted by Crippen LogP contribution is 2.27. The van der Waals surface area contributed by atoms with E-state index < -0.39 is 0 Å². The van der Waals surface area contributed by atoms with Crippen LogP contribution in [-0.2, 0) is 4.74 Å². The summed E-state index contributed by atoms with van der Waals surface area (Å²) in [6, 6.07) is 3.82. The number of carbonyl (C=O) groups excluding carboxylic acids is 1. The van der Waals surface area contributed by atoms with Gasteiger partial charge in [0.2, 0.25) is 0 Å². The molecule has 1 aliphatic rings. The zero-order valence-electron chi connectivity index (χ0n) is 13.7. The lowest BCUT2D eigenvalue weighted by molar-refractivity contribution is -0.0116. The molecule has 0 aromatic carbocycles. The van der Waals surface area contributed by atoms with Crippen LogP contribution in [0.25, 0.3) is 5.82 Å².